The first-order chi connectivity index (χ1) is 11.0. The number of halogens is 1. The first-order valence-corrected chi connectivity index (χ1v) is 7.50. The van der Waals surface area contributed by atoms with Gasteiger partial charge in [-0.15, -0.1) is 0 Å². The maximum Gasteiger partial charge on any atom is 0.265 e. The Morgan fingerprint density at radius 3 is 2.52 bits per heavy atom. The van der Waals surface area contributed by atoms with Gasteiger partial charge >= 0.3 is 0 Å². The van der Waals surface area contributed by atoms with Crippen molar-refractivity contribution in [2.24, 2.45) is 5.73 Å². The van der Waals surface area contributed by atoms with E-state index in [1.54, 1.807) is 42.5 Å². The van der Waals surface area contributed by atoms with Crippen LogP contribution in [-0.4, -0.2) is 17.9 Å². The molecule has 2 amide bonds. The SMILES string of the molecule is CCC(Oc1ccc(Cl)cc1)C(=O)Nc1cccc(C(N)=O)c1. The Labute approximate surface area is 139 Å². The highest BCUT2D eigenvalue weighted by molar-refractivity contribution is 6.30. The van der Waals surface area contributed by atoms with Crippen LogP contribution in [0.5, 0.6) is 5.75 Å². The molecule has 23 heavy (non-hydrogen) atoms. The van der Waals surface area contributed by atoms with Crippen molar-refractivity contribution in [3.63, 3.8) is 0 Å². The minimum atomic E-state index is -0.659. The fourth-order valence-corrected chi connectivity index (χ4v) is 2.10. The first-order valence-electron chi connectivity index (χ1n) is 7.12. The standard InChI is InChI=1S/C17H17ClN2O3/c1-2-15(23-14-8-6-12(18)7-9-14)17(22)20-13-5-3-4-11(10-13)16(19)21/h3-10,15H,2H2,1H3,(H2,19,21)(H,20,22). The lowest BCUT2D eigenvalue weighted by atomic mass is 10.2. The number of ether oxygens (including phenoxy) is 1. The van der Waals surface area contributed by atoms with Gasteiger partial charge in [0.15, 0.2) is 6.10 Å². The molecule has 0 saturated heterocycles. The zero-order valence-electron chi connectivity index (χ0n) is 12.6. The first kappa shape index (κ1) is 16.8. The zero-order chi connectivity index (χ0) is 16.8. The normalized spacial score (nSPS) is 11.6. The van der Waals surface area contributed by atoms with Gasteiger partial charge in [-0.25, -0.2) is 0 Å². The predicted octanol–water partition coefficient (Wildman–Crippen LogP) is 3.23. The van der Waals surface area contributed by atoms with E-state index in [0.717, 1.165) is 0 Å². The van der Waals surface area contributed by atoms with Crippen molar-refractivity contribution in [3.05, 3.63) is 59.1 Å². The van der Waals surface area contributed by atoms with Crippen LogP contribution in [0, 0.1) is 0 Å². The van der Waals surface area contributed by atoms with Gasteiger partial charge in [0.1, 0.15) is 5.75 Å². The van der Waals surface area contributed by atoms with E-state index in [1.807, 2.05) is 6.92 Å². The van der Waals surface area contributed by atoms with Gasteiger partial charge in [-0.2, -0.15) is 0 Å². The molecule has 0 aliphatic carbocycles. The lowest BCUT2D eigenvalue weighted by molar-refractivity contribution is -0.122. The van der Waals surface area contributed by atoms with Crippen molar-refractivity contribution in [3.8, 4) is 5.75 Å². The molecule has 0 bridgehead atoms. The van der Waals surface area contributed by atoms with E-state index in [9.17, 15) is 9.59 Å². The third-order valence-corrected chi connectivity index (χ3v) is 3.42. The van der Waals surface area contributed by atoms with Gasteiger partial charge in [0, 0.05) is 16.3 Å². The number of rotatable bonds is 6. The highest BCUT2D eigenvalue weighted by Crippen LogP contribution is 2.18. The van der Waals surface area contributed by atoms with Crippen LogP contribution in [0.4, 0.5) is 5.69 Å². The van der Waals surface area contributed by atoms with Crippen LogP contribution in [0.15, 0.2) is 48.5 Å². The Bertz CT molecular complexity index is 701. The van der Waals surface area contributed by atoms with E-state index in [1.165, 1.54) is 6.07 Å². The third-order valence-electron chi connectivity index (χ3n) is 3.17. The molecule has 2 aromatic rings. The lowest BCUT2D eigenvalue weighted by Crippen LogP contribution is -2.32. The summed E-state index contributed by atoms with van der Waals surface area (Å²) in [5.41, 5.74) is 6.05. The molecule has 0 aliphatic rings. The van der Waals surface area contributed by atoms with Crippen molar-refractivity contribution in [1.29, 1.82) is 0 Å². The average molecular weight is 333 g/mol. The molecule has 0 saturated carbocycles. The van der Waals surface area contributed by atoms with Crippen LogP contribution >= 0.6 is 11.6 Å². The average Bonchev–Trinajstić information content (AvgIpc) is 2.54. The third kappa shape index (κ3) is 4.72. The fraction of sp³-hybridized carbons (Fsp3) is 0.176. The molecule has 3 N–H and O–H groups in total. The molecule has 0 radical (unpaired) electrons. The smallest absolute Gasteiger partial charge is 0.265 e. The van der Waals surface area contributed by atoms with E-state index >= 15 is 0 Å². The van der Waals surface area contributed by atoms with Gasteiger partial charge in [-0.05, 0) is 48.9 Å². The highest BCUT2D eigenvalue weighted by atomic mass is 35.5. The Morgan fingerprint density at radius 2 is 1.91 bits per heavy atom. The number of benzene rings is 2. The second kappa shape index (κ2) is 7.65. The number of carbonyl (C=O) groups is 2. The summed E-state index contributed by atoms with van der Waals surface area (Å²) in [4.78, 5) is 23.5. The monoisotopic (exact) mass is 332 g/mol. The molecule has 5 nitrogen and oxygen atoms in total. The number of nitrogens with two attached hydrogens (primary N) is 1. The molecule has 0 heterocycles. The molecule has 0 aliphatic heterocycles. The molecule has 1 atom stereocenters. The molecule has 1 unspecified atom stereocenters. The molecular formula is C17H17ClN2O3. The summed E-state index contributed by atoms with van der Waals surface area (Å²) >= 11 is 5.82. The number of amides is 2. The van der Waals surface area contributed by atoms with Crippen molar-refractivity contribution in [1.82, 2.24) is 0 Å². The lowest BCUT2D eigenvalue weighted by Gasteiger charge is -2.17. The summed E-state index contributed by atoms with van der Waals surface area (Å²) in [7, 11) is 0. The second-order valence-electron chi connectivity index (χ2n) is 4.90. The quantitative estimate of drug-likeness (QED) is 0.852. The van der Waals surface area contributed by atoms with Gasteiger partial charge < -0.3 is 15.8 Å². The van der Waals surface area contributed by atoms with Crippen LogP contribution in [0.2, 0.25) is 5.02 Å². The molecular weight excluding hydrogens is 316 g/mol. The van der Waals surface area contributed by atoms with E-state index in [4.69, 9.17) is 22.1 Å². The minimum Gasteiger partial charge on any atom is -0.481 e. The molecule has 6 heteroatoms. The van der Waals surface area contributed by atoms with Crippen molar-refractivity contribution >= 4 is 29.1 Å². The molecule has 2 aromatic carbocycles. The van der Waals surface area contributed by atoms with Crippen LogP contribution < -0.4 is 15.8 Å². The Balaban J connectivity index is 2.06. The Morgan fingerprint density at radius 1 is 1.22 bits per heavy atom. The Hall–Kier alpha value is -2.53. The van der Waals surface area contributed by atoms with Gasteiger partial charge in [-0.3, -0.25) is 9.59 Å². The van der Waals surface area contributed by atoms with Crippen LogP contribution in [0.3, 0.4) is 0 Å². The van der Waals surface area contributed by atoms with E-state index in [0.29, 0.717) is 28.4 Å². The number of anilines is 1. The maximum atomic E-state index is 12.3. The molecule has 120 valence electrons. The Kier molecular flexibility index (Phi) is 5.60. The molecule has 2 rings (SSSR count). The van der Waals surface area contributed by atoms with Crippen molar-refractivity contribution in [2.75, 3.05) is 5.32 Å². The van der Waals surface area contributed by atoms with Crippen LogP contribution in [0.1, 0.15) is 23.7 Å². The van der Waals surface area contributed by atoms with Gasteiger partial charge in [0.25, 0.3) is 5.91 Å². The maximum absolute atomic E-state index is 12.3. The number of carbonyl (C=O) groups excluding carboxylic acids is 2. The van der Waals surface area contributed by atoms with E-state index < -0.39 is 12.0 Å². The van der Waals surface area contributed by atoms with Gasteiger partial charge in [-0.1, -0.05) is 24.6 Å². The summed E-state index contributed by atoms with van der Waals surface area (Å²) in [5, 5.41) is 3.32. The van der Waals surface area contributed by atoms with E-state index in [2.05, 4.69) is 5.32 Å². The topological polar surface area (TPSA) is 81.4 Å². The van der Waals surface area contributed by atoms with Crippen molar-refractivity contribution in [2.45, 2.75) is 19.4 Å². The van der Waals surface area contributed by atoms with Gasteiger partial charge in [0.05, 0.1) is 0 Å². The van der Waals surface area contributed by atoms with E-state index in [-0.39, 0.29) is 5.91 Å². The molecule has 0 spiro atoms. The molecule has 0 fully saturated rings. The predicted molar refractivity (Wildman–Crippen MR) is 89.7 cm³/mol. The number of hydrogen-bond donors (Lipinski definition) is 2. The summed E-state index contributed by atoms with van der Waals surface area (Å²) in [5.74, 6) is -0.295. The summed E-state index contributed by atoms with van der Waals surface area (Å²) in [6.07, 6.45) is -0.169. The fourth-order valence-electron chi connectivity index (χ4n) is 1.97. The summed E-state index contributed by atoms with van der Waals surface area (Å²) < 4.78 is 5.67. The summed E-state index contributed by atoms with van der Waals surface area (Å²) in [6.45, 7) is 1.85. The number of primary amides is 1. The van der Waals surface area contributed by atoms with Crippen molar-refractivity contribution < 1.29 is 14.3 Å². The van der Waals surface area contributed by atoms with Crippen LogP contribution in [-0.2, 0) is 4.79 Å². The number of nitrogens with one attached hydrogen (secondary N) is 1. The molecule has 0 aromatic heterocycles. The minimum absolute atomic E-state index is 0.302. The summed E-state index contributed by atoms with van der Waals surface area (Å²) in [6, 6.07) is 13.2. The zero-order valence-corrected chi connectivity index (χ0v) is 13.3. The van der Waals surface area contributed by atoms with Gasteiger partial charge in [0.2, 0.25) is 5.91 Å². The number of hydrogen-bond acceptors (Lipinski definition) is 3. The second-order valence-corrected chi connectivity index (χ2v) is 5.34. The highest BCUT2D eigenvalue weighted by Gasteiger charge is 2.18. The van der Waals surface area contributed by atoms with Crippen LogP contribution in [0.25, 0.3) is 0 Å². The largest absolute Gasteiger partial charge is 0.481 e.